The molecule has 0 N–H and O–H groups in total. The van der Waals surface area contributed by atoms with Crippen LogP contribution in [-0.2, 0) is 21.0 Å². The van der Waals surface area contributed by atoms with Gasteiger partial charge in [-0.15, -0.1) is 0 Å². The molecule has 0 rings (SSSR count). The first kappa shape index (κ1) is 18.9. The van der Waals surface area contributed by atoms with Gasteiger partial charge >= 0.3 is 64.0 Å². The van der Waals surface area contributed by atoms with Gasteiger partial charge in [0.1, 0.15) is 0 Å². The summed E-state index contributed by atoms with van der Waals surface area (Å²) < 4.78 is 60.4. The summed E-state index contributed by atoms with van der Waals surface area (Å²) >= 11 is -1.14. The second kappa shape index (κ2) is 6.51. The van der Waals surface area contributed by atoms with Gasteiger partial charge in [-0.1, -0.05) is 0 Å². The maximum absolute atomic E-state index is 10.7. The Labute approximate surface area is 100 Å². The van der Waals surface area contributed by atoms with Gasteiger partial charge in [-0.3, -0.25) is 0 Å². The van der Waals surface area contributed by atoms with Crippen molar-refractivity contribution in [1.82, 2.24) is 0 Å². The van der Waals surface area contributed by atoms with Crippen LogP contribution in [0.5, 0.6) is 0 Å². The van der Waals surface area contributed by atoms with E-state index in [9.17, 15) is 13.2 Å². The van der Waals surface area contributed by atoms with Crippen molar-refractivity contribution in [2.45, 2.75) is 22.8 Å². The van der Waals surface area contributed by atoms with E-state index in [1.165, 1.54) is 0 Å². The minimum Gasteiger partial charge on any atom is -0.741 e. The van der Waals surface area contributed by atoms with E-state index in [4.69, 9.17) is 13.0 Å². The van der Waals surface area contributed by atoms with E-state index < -0.39 is 28.9 Å². The van der Waals surface area contributed by atoms with Gasteiger partial charge in [0.2, 0.25) is 0 Å². The van der Waals surface area contributed by atoms with Crippen LogP contribution in [0.2, 0.25) is 17.3 Å². The smallest absolute Gasteiger partial charge is 0.485 e. The molecule has 0 unspecified atom stereocenters. The van der Waals surface area contributed by atoms with Crippen molar-refractivity contribution in [1.29, 1.82) is 0 Å². The molecule has 0 aromatic heterocycles. The summed E-state index contributed by atoms with van der Waals surface area (Å²) in [5.41, 5.74) is -5.65. The topological polar surface area (TPSA) is 57.2 Å². The quantitative estimate of drug-likeness (QED) is 0.333. The van der Waals surface area contributed by atoms with Crippen LogP contribution in [0.4, 0.5) is 13.2 Å². The van der Waals surface area contributed by atoms with Crippen LogP contribution in [0.1, 0.15) is 0 Å². The zero-order chi connectivity index (χ0) is 13.8. The van der Waals surface area contributed by atoms with Crippen molar-refractivity contribution < 1.29 is 26.1 Å². The van der Waals surface area contributed by atoms with Crippen molar-refractivity contribution in [2.75, 3.05) is 17.1 Å². The molecule has 0 aromatic rings. The second-order valence-corrected chi connectivity index (χ2v) is 20.8. The summed E-state index contributed by atoms with van der Waals surface area (Å²) in [5, 5.41) is 0. The molecule has 0 spiro atoms. The minimum absolute atomic E-state index is 0.698. The summed E-state index contributed by atoms with van der Waals surface area (Å²) in [4.78, 5) is 0. The van der Waals surface area contributed by atoms with Crippen molar-refractivity contribution in [3.8, 4) is 0 Å². The Balaban J connectivity index is 0. The summed E-state index contributed by atoms with van der Waals surface area (Å²) in [6.45, 7) is 0. The molecule has 0 bridgehead atoms. The van der Waals surface area contributed by atoms with Gasteiger partial charge in [-0.05, 0) is 0 Å². The molecular formula is C7H17F3GeO3S2. The third kappa shape index (κ3) is 12.7. The van der Waals surface area contributed by atoms with Gasteiger partial charge in [0.25, 0.3) is 0 Å². The SMILES string of the molecule is C[S+](C)[CH2][Ge]([CH3])([CH3])[CH3].O=S(=O)([O-])C(F)(F)F. The van der Waals surface area contributed by atoms with Crippen LogP contribution in [0.15, 0.2) is 0 Å². The van der Waals surface area contributed by atoms with E-state index >= 15 is 0 Å². The Bertz CT molecular complexity index is 293. The van der Waals surface area contributed by atoms with E-state index in [0.29, 0.717) is 10.9 Å². The van der Waals surface area contributed by atoms with Crippen LogP contribution in [0.3, 0.4) is 0 Å². The maximum atomic E-state index is 10.7. The number of rotatable bonds is 2. The van der Waals surface area contributed by atoms with E-state index in [1.54, 1.807) is 4.59 Å². The number of alkyl halides is 3. The molecule has 0 saturated heterocycles. The molecule has 0 aliphatic heterocycles. The average Bonchev–Trinajstić information content (AvgIpc) is 1.74. The summed E-state index contributed by atoms with van der Waals surface area (Å²) in [7, 11) is -5.39. The van der Waals surface area contributed by atoms with Gasteiger partial charge in [0.15, 0.2) is 10.1 Å². The minimum atomic E-state index is -6.09. The first-order chi connectivity index (χ1) is 6.67. The second-order valence-electron chi connectivity index (χ2n) is 4.59. The summed E-state index contributed by atoms with van der Waals surface area (Å²) in [5.74, 6) is 7.44. The molecule has 0 radical (unpaired) electrons. The Morgan fingerprint density at radius 2 is 1.44 bits per heavy atom. The molecule has 3 nitrogen and oxygen atoms in total. The van der Waals surface area contributed by atoms with Crippen molar-refractivity contribution in [2.24, 2.45) is 0 Å². The molecule has 0 atom stereocenters. The molecule has 0 fully saturated rings. The summed E-state index contributed by atoms with van der Waals surface area (Å²) in [6.07, 6.45) is 4.69. The Morgan fingerprint density at radius 3 is 1.44 bits per heavy atom. The first-order valence-electron chi connectivity index (χ1n) is 4.23. The van der Waals surface area contributed by atoms with Gasteiger partial charge in [0.05, 0.1) is 0 Å². The molecule has 0 saturated carbocycles. The molecule has 0 aromatic carbocycles. The monoisotopic (exact) mass is 344 g/mol. The molecule has 0 aliphatic carbocycles. The molecular weight excluding hydrogens is 326 g/mol. The molecule has 0 aliphatic rings. The van der Waals surface area contributed by atoms with Crippen LogP contribution >= 0.6 is 0 Å². The van der Waals surface area contributed by atoms with E-state index in [0.717, 1.165) is 0 Å². The Kier molecular flexibility index (Phi) is 7.70. The zero-order valence-electron chi connectivity index (χ0n) is 9.88. The van der Waals surface area contributed by atoms with Crippen molar-refractivity contribution in [3.05, 3.63) is 0 Å². The Hall–Kier alpha value is 0.593. The fraction of sp³-hybridized carbons (Fsp3) is 1.00. The molecule has 0 amide bonds. The largest absolute Gasteiger partial charge is 0.741 e. The molecule has 9 heteroatoms. The number of halogens is 3. The average molecular weight is 343 g/mol. The van der Waals surface area contributed by atoms with Gasteiger partial charge in [0, 0.05) is 0 Å². The van der Waals surface area contributed by atoms with E-state index in [1.807, 2.05) is 0 Å². The molecule has 0 heterocycles. The Morgan fingerprint density at radius 1 is 1.19 bits per heavy atom. The van der Waals surface area contributed by atoms with E-state index in [-0.39, 0.29) is 0 Å². The third-order valence-electron chi connectivity index (χ3n) is 1.01. The number of hydrogen-bond acceptors (Lipinski definition) is 3. The molecule has 16 heavy (non-hydrogen) atoms. The third-order valence-corrected chi connectivity index (χ3v) is 12.1. The van der Waals surface area contributed by atoms with Crippen molar-refractivity contribution in [3.63, 3.8) is 0 Å². The van der Waals surface area contributed by atoms with Gasteiger partial charge in [-0.25, -0.2) is 8.42 Å². The predicted octanol–water partition coefficient (Wildman–Crippen LogP) is 1.79. The standard InChI is InChI=1S/C6H17GeS.CHF3O3S/c1-7(2,3)6-8(4)5;2-1(3,4)8(5,6)7/h6H2,1-5H3;(H,5,6,7)/q+1;/p-1. The number of hydrogen-bond donors (Lipinski definition) is 0. The fourth-order valence-electron chi connectivity index (χ4n) is 0.866. The first-order valence-corrected chi connectivity index (χ1v) is 15.6. The van der Waals surface area contributed by atoms with Gasteiger partial charge < -0.3 is 4.55 Å². The van der Waals surface area contributed by atoms with Crippen LogP contribution in [-0.4, -0.2) is 48.8 Å². The van der Waals surface area contributed by atoms with Crippen LogP contribution < -0.4 is 0 Å². The predicted molar refractivity (Wildman–Crippen MR) is 63.2 cm³/mol. The van der Waals surface area contributed by atoms with Gasteiger partial charge in [-0.2, -0.15) is 13.2 Å². The van der Waals surface area contributed by atoms with Crippen LogP contribution in [0, 0.1) is 0 Å². The van der Waals surface area contributed by atoms with Crippen LogP contribution in [0.25, 0.3) is 0 Å². The normalized spacial score (nSPS) is 13.4. The zero-order valence-corrected chi connectivity index (χ0v) is 13.6. The van der Waals surface area contributed by atoms with E-state index in [2.05, 4.69) is 29.8 Å². The van der Waals surface area contributed by atoms with Crippen molar-refractivity contribution >= 4 is 34.3 Å². The molecule has 100 valence electrons. The summed E-state index contributed by atoms with van der Waals surface area (Å²) in [6, 6.07) is 0. The maximum Gasteiger partial charge on any atom is 0.485 e. The fourth-order valence-corrected chi connectivity index (χ4v) is 13.5.